The fourth-order valence-corrected chi connectivity index (χ4v) is 12.5. The Kier molecular flexibility index (Phi) is 8.89. The minimum absolute atomic E-state index is 0.147. The van der Waals surface area contributed by atoms with E-state index in [1.54, 1.807) is 0 Å². The summed E-state index contributed by atoms with van der Waals surface area (Å²) in [6, 6.07) is 88.6. The Morgan fingerprint density at radius 1 is 0.250 bits per heavy atom. The van der Waals surface area contributed by atoms with Gasteiger partial charge in [-0.2, -0.15) is 0 Å². The van der Waals surface area contributed by atoms with Gasteiger partial charge in [-0.1, -0.05) is 222 Å². The zero-order chi connectivity index (χ0) is 45.8. The molecular formula is C67H51N. The van der Waals surface area contributed by atoms with Crippen molar-refractivity contribution in [2.75, 3.05) is 4.90 Å². The molecule has 0 bridgehead atoms. The highest BCUT2D eigenvalue weighted by molar-refractivity contribution is 5.97. The van der Waals surface area contributed by atoms with Crippen LogP contribution >= 0.6 is 0 Å². The molecule has 10 aromatic rings. The fraction of sp³-hybridized carbons (Fsp3) is 0.104. The van der Waals surface area contributed by atoms with Crippen LogP contribution in [-0.2, 0) is 16.2 Å². The Morgan fingerprint density at radius 3 is 1.37 bits per heavy atom. The SMILES string of the molecule is CC1(C)c2cc(-c3ccccc3)ccc2-c2ccc(N(c3ccc(-c4ccccc4)cc3)c3cccc(-c4cccc5c4-c4ccccc4C54c5ccccc5C(C)(C)c5ccccc54)c3)cc21. The maximum absolute atomic E-state index is 2.46. The molecule has 1 nitrogen and oxygen atoms in total. The van der Waals surface area contributed by atoms with Crippen molar-refractivity contribution in [2.24, 2.45) is 0 Å². The molecule has 0 saturated carbocycles. The van der Waals surface area contributed by atoms with Gasteiger partial charge in [0.25, 0.3) is 0 Å². The van der Waals surface area contributed by atoms with Gasteiger partial charge in [-0.3, -0.25) is 0 Å². The molecule has 0 aromatic heterocycles. The van der Waals surface area contributed by atoms with Gasteiger partial charge in [-0.15, -0.1) is 0 Å². The number of fused-ring (bicyclic) bond motifs is 12. The summed E-state index contributed by atoms with van der Waals surface area (Å²) in [6.45, 7) is 9.57. The Hall–Kier alpha value is -8.00. The molecule has 13 rings (SSSR count). The van der Waals surface area contributed by atoms with Crippen LogP contribution in [0.25, 0.3) is 55.6 Å². The van der Waals surface area contributed by atoms with Crippen LogP contribution in [0.4, 0.5) is 17.1 Å². The topological polar surface area (TPSA) is 3.24 Å². The second-order valence-corrected chi connectivity index (χ2v) is 20.0. The Balaban J connectivity index is 0.984. The van der Waals surface area contributed by atoms with Crippen LogP contribution in [0.1, 0.15) is 72.2 Å². The van der Waals surface area contributed by atoms with Crippen molar-refractivity contribution in [1.82, 2.24) is 0 Å². The van der Waals surface area contributed by atoms with Crippen molar-refractivity contribution in [3.05, 3.63) is 281 Å². The molecule has 0 atom stereocenters. The van der Waals surface area contributed by atoms with Crippen LogP contribution in [0, 0.1) is 0 Å². The molecule has 10 aromatic carbocycles. The second kappa shape index (κ2) is 15.0. The standard InChI is InChI=1S/C67H51N/c1-65(2)57-28-13-15-30-59(57)67(60-31-16-14-29-58(60)65)56-27-12-11-25-55(56)64-52(26-18-32-61(64)67)48-23-17-24-50(41-48)68(49-36-33-46(34-37-49)44-19-7-5-8-20-44)51-38-40-54-53-39-35-47(45-21-9-6-10-22-45)42-62(53)66(3,4)63(54)43-51/h5-43H,1-4H3. The van der Waals surface area contributed by atoms with E-state index >= 15 is 0 Å². The molecule has 3 aliphatic carbocycles. The first-order chi connectivity index (χ1) is 33.2. The number of rotatable bonds is 6. The summed E-state index contributed by atoms with van der Waals surface area (Å²) < 4.78 is 0. The number of benzene rings is 10. The zero-order valence-corrected chi connectivity index (χ0v) is 39.0. The van der Waals surface area contributed by atoms with E-state index < -0.39 is 5.41 Å². The first kappa shape index (κ1) is 40.3. The van der Waals surface area contributed by atoms with E-state index in [1.807, 2.05) is 0 Å². The summed E-state index contributed by atoms with van der Waals surface area (Å²) in [4.78, 5) is 2.46. The molecular weight excluding hydrogens is 819 g/mol. The lowest BCUT2D eigenvalue weighted by atomic mass is 9.55. The maximum atomic E-state index is 2.46. The molecule has 0 unspecified atom stereocenters. The van der Waals surface area contributed by atoms with Crippen molar-refractivity contribution in [3.8, 4) is 55.6 Å². The number of hydrogen-bond donors (Lipinski definition) is 0. The average Bonchev–Trinajstić information content (AvgIpc) is 3.81. The van der Waals surface area contributed by atoms with Crippen LogP contribution in [0.3, 0.4) is 0 Å². The molecule has 324 valence electrons. The molecule has 1 heteroatoms. The summed E-state index contributed by atoms with van der Waals surface area (Å²) in [5.41, 5.74) is 26.1. The van der Waals surface area contributed by atoms with Crippen LogP contribution in [0.15, 0.2) is 237 Å². The molecule has 0 heterocycles. The normalized spacial score (nSPS) is 14.8. The van der Waals surface area contributed by atoms with E-state index in [1.165, 1.54) is 100 Å². The highest BCUT2D eigenvalue weighted by atomic mass is 15.1. The van der Waals surface area contributed by atoms with Crippen molar-refractivity contribution in [3.63, 3.8) is 0 Å². The van der Waals surface area contributed by atoms with Gasteiger partial charge in [0.05, 0.1) is 5.41 Å². The molecule has 0 saturated heterocycles. The number of nitrogens with zero attached hydrogens (tertiary/aromatic N) is 1. The van der Waals surface area contributed by atoms with Crippen molar-refractivity contribution in [1.29, 1.82) is 0 Å². The first-order valence-corrected chi connectivity index (χ1v) is 24.1. The molecule has 0 aliphatic heterocycles. The largest absolute Gasteiger partial charge is 0.310 e. The fourth-order valence-electron chi connectivity index (χ4n) is 12.5. The lowest BCUT2D eigenvalue weighted by Crippen LogP contribution is -2.40. The molecule has 68 heavy (non-hydrogen) atoms. The Bertz CT molecular complexity index is 3560. The van der Waals surface area contributed by atoms with Gasteiger partial charge < -0.3 is 4.90 Å². The lowest BCUT2D eigenvalue weighted by Gasteiger charge is -2.46. The van der Waals surface area contributed by atoms with Gasteiger partial charge in [0.1, 0.15) is 0 Å². The summed E-state index contributed by atoms with van der Waals surface area (Å²) in [6.07, 6.45) is 0. The van der Waals surface area contributed by atoms with Crippen LogP contribution in [-0.4, -0.2) is 0 Å². The first-order valence-electron chi connectivity index (χ1n) is 24.1. The van der Waals surface area contributed by atoms with Crippen molar-refractivity contribution in [2.45, 2.75) is 43.9 Å². The predicted octanol–water partition coefficient (Wildman–Crippen LogP) is 17.5. The highest BCUT2D eigenvalue weighted by Crippen LogP contribution is 2.63. The number of hydrogen-bond acceptors (Lipinski definition) is 1. The van der Waals surface area contributed by atoms with Gasteiger partial charge >= 0.3 is 0 Å². The molecule has 3 aliphatic rings. The third-order valence-corrected chi connectivity index (χ3v) is 15.8. The molecule has 0 N–H and O–H groups in total. The van der Waals surface area contributed by atoms with E-state index in [0.717, 1.165) is 17.1 Å². The number of anilines is 3. The zero-order valence-electron chi connectivity index (χ0n) is 39.0. The molecule has 0 radical (unpaired) electrons. The predicted molar refractivity (Wildman–Crippen MR) is 284 cm³/mol. The monoisotopic (exact) mass is 869 g/mol. The van der Waals surface area contributed by atoms with E-state index in [-0.39, 0.29) is 10.8 Å². The van der Waals surface area contributed by atoms with E-state index in [0.29, 0.717) is 0 Å². The maximum Gasteiger partial charge on any atom is 0.0719 e. The third-order valence-electron chi connectivity index (χ3n) is 15.8. The van der Waals surface area contributed by atoms with Gasteiger partial charge in [-0.25, -0.2) is 0 Å². The quantitative estimate of drug-likeness (QED) is 0.161. The smallest absolute Gasteiger partial charge is 0.0719 e. The summed E-state index contributed by atoms with van der Waals surface area (Å²) in [7, 11) is 0. The Labute approximate surface area is 400 Å². The summed E-state index contributed by atoms with van der Waals surface area (Å²) >= 11 is 0. The molecule has 0 amide bonds. The second-order valence-electron chi connectivity index (χ2n) is 20.0. The highest BCUT2D eigenvalue weighted by Gasteiger charge is 2.53. The van der Waals surface area contributed by atoms with Crippen LogP contribution in [0.2, 0.25) is 0 Å². The lowest BCUT2D eigenvalue weighted by molar-refractivity contribution is 0.563. The van der Waals surface area contributed by atoms with Crippen LogP contribution in [0.5, 0.6) is 0 Å². The molecule has 0 fully saturated rings. The van der Waals surface area contributed by atoms with Gasteiger partial charge in [0.15, 0.2) is 0 Å². The van der Waals surface area contributed by atoms with E-state index in [4.69, 9.17) is 0 Å². The van der Waals surface area contributed by atoms with E-state index in [9.17, 15) is 0 Å². The third kappa shape index (κ3) is 5.75. The minimum atomic E-state index is -0.453. The Morgan fingerprint density at radius 2 is 0.691 bits per heavy atom. The molecule has 1 spiro atoms. The van der Waals surface area contributed by atoms with Crippen LogP contribution < -0.4 is 4.90 Å². The van der Waals surface area contributed by atoms with Crippen molar-refractivity contribution >= 4 is 17.1 Å². The van der Waals surface area contributed by atoms with Crippen molar-refractivity contribution < 1.29 is 0 Å². The summed E-state index contributed by atoms with van der Waals surface area (Å²) in [5, 5.41) is 0. The van der Waals surface area contributed by atoms with E-state index in [2.05, 4.69) is 269 Å². The average molecular weight is 870 g/mol. The van der Waals surface area contributed by atoms with Gasteiger partial charge in [0.2, 0.25) is 0 Å². The van der Waals surface area contributed by atoms with Gasteiger partial charge in [-0.05, 0) is 143 Å². The summed E-state index contributed by atoms with van der Waals surface area (Å²) in [5.74, 6) is 0. The minimum Gasteiger partial charge on any atom is -0.310 e. The van der Waals surface area contributed by atoms with Gasteiger partial charge in [0, 0.05) is 27.9 Å².